The van der Waals surface area contributed by atoms with Crippen LogP contribution in [-0.2, 0) is 27.5 Å². The van der Waals surface area contributed by atoms with Crippen LogP contribution in [0.1, 0.15) is 31.1 Å². The van der Waals surface area contributed by atoms with Gasteiger partial charge in [0.05, 0.1) is 24.4 Å². The number of fused-ring (bicyclic) bond motifs is 2. The third-order valence-electron chi connectivity index (χ3n) is 5.69. The van der Waals surface area contributed by atoms with E-state index in [2.05, 4.69) is 6.07 Å². The van der Waals surface area contributed by atoms with Crippen LogP contribution in [0.5, 0.6) is 0 Å². The van der Waals surface area contributed by atoms with E-state index < -0.39 is 20.5 Å². The molecule has 1 unspecified atom stereocenters. The van der Waals surface area contributed by atoms with Crippen LogP contribution in [0.2, 0.25) is 6.04 Å². The molecule has 0 aromatic heterocycles. The third-order valence-corrected chi connectivity index (χ3v) is 8.37. The van der Waals surface area contributed by atoms with E-state index in [1.54, 1.807) is 21.3 Å². The second kappa shape index (κ2) is 12.1. The van der Waals surface area contributed by atoms with E-state index in [1.807, 2.05) is 69.3 Å². The van der Waals surface area contributed by atoms with Gasteiger partial charge in [-0.15, -0.1) is 0 Å². The molecule has 0 bridgehead atoms. The predicted octanol–water partition coefficient (Wildman–Crippen LogP) is 5.23. The molecule has 0 spiro atoms. The highest BCUT2D eigenvalue weighted by Gasteiger charge is 2.37. The normalized spacial score (nSPS) is 13.3. The fourth-order valence-electron chi connectivity index (χ4n) is 4.06. The van der Waals surface area contributed by atoms with Crippen LogP contribution in [0.15, 0.2) is 54.6 Å². The molecule has 3 aromatic rings. The molecule has 7 nitrogen and oxygen atoms in total. The first-order chi connectivity index (χ1) is 16.7. The van der Waals surface area contributed by atoms with Gasteiger partial charge in [0.25, 0.3) is 0 Å². The SMILES string of the molecule is CO[Si](CCOCC(COC(=O)c1c2ccccc2cc2ccccc12)OC(C)(C)C)(OC)OC. The van der Waals surface area contributed by atoms with E-state index >= 15 is 0 Å². The van der Waals surface area contributed by atoms with Gasteiger partial charge in [-0.1, -0.05) is 48.5 Å². The number of carbonyl (C=O) groups excluding carboxylic acids is 1. The van der Waals surface area contributed by atoms with Crippen LogP contribution in [0, 0.1) is 0 Å². The van der Waals surface area contributed by atoms with E-state index in [0.29, 0.717) is 18.2 Å². The standard InChI is InChI=1S/C27H36O7Si/c1-27(2,3)34-22(18-32-15-16-35(29-4,30-5)31-6)19-33-26(28)25-23-13-9-7-11-20(23)17-21-12-8-10-14-24(21)25/h7-14,17,22H,15-16,18-19H2,1-6H3. The van der Waals surface area contributed by atoms with Gasteiger partial charge in [0, 0.05) is 27.4 Å². The Bertz CT molecular complexity index is 1060. The highest BCUT2D eigenvalue weighted by Crippen LogP contribution is 2.29. The summed E-state index contributed by atoms with van der Waals surface area (Å²) in [6.45, 7) is 6.56. The smallest absolute Gasteiger partial charge is 0.459 e. The van der Waals surface area contributed by atoms with Gasteiger partial charge in [0.2, 0.25) is 0 Å². The first kappa shape index (κ1) is 27.3. The lowest BCUT2D eigenvalue weighted by molar-refractivity contribution is -0.111. The van der Waals surface area contributed by atoms with Gasteiger partial charge in [-0.05, 0) is 48.4 Å². The second-order valence-corrected chi connectivity index (χ2v) is 12.4. The summed E-state index contributed by atoms with van der Waals surface area (Å²) in [6, 6.07) is 18.3. The summed E-state index contributed by atoms with van der Waals surface area (Å²) in [5, 5.41) is 3.71. The number of ether oxygens (including phenoxy) is 3. The molecule has 0 aliphatic rings. The average Bonchev–Trinajstić information content (AvgIpc) is 2.85. The zero-order valence-electron chi connectivity index (χ0n) is 21.5. The minimum Gasteiger partial charge on any atom is -0.459 e. The molecule has 0 saturated carbocycles. The van der Waals surface area contributed by atoms with Gasteiger partial charge in [-0.3, -0.25) is 0 Å². The minimum atomic E-state index is -2.72. The molecule has 0 heterocycles. The Hall–Kier alpha value is -2.33. The van der Waals surface area contributed by atoms with Gasteiger partial charge < -0.3 is 27.5 Å². The van der Waals surface area contributed by atoms with E-state index in [4.69, 9.17) is 27.5 Å². The topological polar surface area (TPSA) is 72.5 Å². The van der Waals surface area contributed by atoms with Crippen molar-refractivity contribution in [3.63, 3.8) is 0 Å². The maximum atomic E-state index is 13.4. The van der Waals surface area contributed by atoms with E-state index in [0.717, 1.165) is 21.5 Å². The van der Waals surface area contributed by atoms with Gasteiger partial charge in [-0.2, -0.15) is 0 Å². The lowest BCUT2D eigenvalue weighted by Crippen LogP contribution is -2.44. The number of hydrogen-bond donors (Lipinski definition) is 0. The van der Waals surface area contributed by atoms with E-state index in [9.17, 15) is 4.79 Å². The lowest BCUT2D eigenvalue weighted by Gasteiger charge is -2.28. The lowest BCUT2D eigenvalue weighted by atomic mass is 9.97. The number of benzene rings is 3. The molecule has 1 atom stereocenters. The molecule has 0 fully saturated rings. The fraction of sp³-hybridized carbons (Fsp3) is 0.444. The van der Waals surface area contributed by atoms with Crippen LogP contribution in [0.4, 0.5) is 0 Å². The Kier molecular flexibility index (Phi) is 9.40. The van der Waals surface area contributed by atoms with Crippen LogP contribution >= 0.6 is 0 Å². The van der Waals surface area contributed by atoms with E-state index in [-0.39, 0.29) is 19.2 Å². The van der Waals surface area contributed by atoms with Gasteiger partial charge in [0.1, 0.15) is 12.7 Å². The van der Waals surface area contributed by atoms with Crippen LogP contribution in [0.3, 0.4) is 0 Å². The Balaban J connectivity index is 1.73. The van der Waals surface area contributed by atoms with Crippen LogP contribution in [0.25, 0.3) is 21.5 Å². The second-order valence-electron chi connectivity index (χ2n) is 9.26. The molecule has 0 aliphatic heterocycles. The summed E-state index contributed by atoms with van der Waals surface area (Å²) < 4.78 is 34.1. The molecule has 8 heteroatoms. The molecular formula is C27H36O7Si. The van der Waals surface area contributed by atoms with Gasteiger partial charge in [0.15, 0.2) is 0 Å². The van der Waals surface area contributed by atoms with Crippen molar-refractivity contribution < 1.29 is 32.3 Å². The molecule has 190 valence electrons. The first-order valence-corrected chi connectivity index (χ1v) is 13.6. The highest BCUT2D eigenvalue weighted by atomic mass is 28.4. The average molecular weight is 501 g/mol. The van der Waals surface area contributed by atoms with Crippen molar-refractivity contribution in [1.82, 2.24) is 0 Å². The number of carbonyl (C=O) groups is 1. The summed E-state index contributed by atoms with van der Waals surface area (Å²) in [4.78, 5) is 13.4. The Labute approximate surface area is 208 Å². The Morgan fingerprint density at radius 3 is 1.91 bits per heavy atom. The summed E-state index contributed by atoms with van der Waals surface area (Å²) in [5.74, 6) is -0.384. The van der Waals surface area contributed by atoms with Crippen molar-refractivity contribution in [3.8, 4) is 0 Å². The van der Waals surface area contributed by atoms with Crippen molar-refractivity contribution in [2.75, 3.05) is 41.2 Å². The number of hydrogen-bond acceptors (Lipinski definition) is 7. The maximum absolute atomic E-state index is 13.4. The molecule has 3 aromatic carbocycles. The van der Waals surface area contributed by atoms with Crippen molar-refractivity contribution in [3.05, 3.63) is 60.2 Å². The Morgan fingerprint density at radius 2 is 1.40 bits per heavy atom. The van der Waals surface area contributed by atoms with E-state index in [1.165, 1.54) is 0 Å². The maximum Gasteiger partial charge on any atom is 0.502 e. The van der Waals surface area contributed by atoms with Crippen molar-refractivity contribution in [2.24, 2.45) is 0 Å². The monoisotopic (exact) mass is 500 g/mol. The van der Waals surface area contributed by atoms with Gasteiger partial charge >= 0.3 is 14.8 Å². The highest BCUT2D eigenvalue weighted by molar-refractivity contribution is 6.60. The zero-order chi connectivity index (χ0) is 25.5. The molecular weight excluding hydrogens is 464 g/mol. The summed E-state index contributed by atoms with van der Waals surface area (Å²) >= 11 is 0. The summed E-state index contributed by atoms with van der Waals surface area (Å²) in [6.07, 6.45) is -0.441. The van der Waals surface area contributed by atoms with Crippen molar-refractivity contribution >= 4 is 36.3 Å². The zero-order valence-corrected chi connectivity index (χ0v) is 22.5. The predicted molar refractivity (Wildman–Crippen MR) is 139 cm³/mol. The quantitative estimate of drug-likeness (QED) is 0.146. The first-order valence-electron chi connectivity index (χ1n) is 11.7. The molecule has 35 heavy (non-hydrogen) atoms. The summed E-state index contributed by atoms with van der Waals surface area (Å²) in [7, 11) is 1.99. The fourth-order valence-corrected chi connectivity index (χ4v) is 5.57. The number of esters is 1. The molecule has 0 amide bonds. The molecule has 0 saturated heterocycles. The van der Waals surface area contributed by atoms with Crippen LogP contribution in [-0.4, -0.2) is 67.6 Å². The summed E-state index contributed by atoms with van der Waals surface area (Å²) in [5.41, 5.74) is 0.127. The minimum absolute atomic E-state index is 0.0645. The number of rotatable bonds is 12. The van der Waals surface area contributed by atoms with Gasteiger partial charge in [-0.25, -0.2) is 4.79 Å². The molecule has 3 rings (SSSR count). The third kappa shape index (κ3) is 7.10. The van der Waals surface area contributed by atoms with Crippen molar-refractivity contribution in [2.45, 2.75) is 38.5 Å². The largest absolute Gasteiger partial charge is 0.502 e. The molecule has 0 radical (unpaired) electrons. The van der Waals surface area contributed by atoms with Crippen molar-refractivity contribution in [1.29, 1.82) is 0 Å². The molecule has 0 N–H and O–H groups in total. The molecule has 0 aliphatic carbocycles. The Morgan fingerprint density at radius 1 is 0.857 bits per heavy atom. The van der Waals surface area contributed by atoms with Crippen LogP contribution < -0.4 is 0 Å².